The van der Waals surface area contributed by atoms with Gasteiger partial charge in [-0.15, -0.1) is 0 Å². The van der Waals surface area contributed by atoms with Gasteiger partial charge in [0.25, 0.3) is 0 Å². The van der Waals surface area contributed by atoms with E-state index in [1.54, 1.807) is 12.1 Å². The number of benzene rings is 1. The van der Waals surface area contributed by atoms with Crippen molar-refractivity contribution < 1.29 is 4.39 Å². The lowest BCUT2D eigenvalue weighted by Gasteiger charge is -2.39. The molecule has 0 spiro atoms. The van der Waals surface area contributed by atoms with E-state index in [-0.39, 0.29) is 11.9 Å². The summed E-state index contributed by atoms with van der Waals surface area (Å²) in [6, 6.07) is 7.75. The normalized spacial score (nSPS) is 24.8. The molecular weight excluding hydrogens is 261 g/mol. The molecule has 1 fully saturated rings. The zero-order valence-corrected chi connectivity index (χ0v) is 14.0. The van der Waals surface area contributed by atoms with Gasteiger partial charge in [0.2, 0.25) is 0 Å². The molecule has 0 aromatic heterocycles. The maximum atomic E-state index is 13.3. The van der Waals surface area contributed by atoms with Crippen LogP contribution in [0.3, 0.4) is 0 Å². The summed E-state index contributed by atoms with van der Waals surface area (Å²) in [6.45, 7) is 9.24. The Morgan fingerprint density at radius 1 is 1.24 bits per heavy atom. The molecule has 1 unspecified atom stereocenters. The van der Waals surface area contributed by atoms with Crippen molar-refractivity contribution in [1.29, 1.82) is 0 Å². The fourth-order valence-electron chi connectivity index (χ4n) is 3.56. The summed E-state index contributed by atoms with van der Waals surface area (Å²) in [5.41, 5.74) is 1.52. The smallest absolute Gasteiger partial charge is 0.123 e. The van der Waals surface area contributed by atoms with Gasteiger partial charge in [-0.1, -0.05) is 39.3 Å². The molecule has 118 valence electrons. The highest BCUT2D eigenvalue weighted by Gasteiger charge is 2.32. The Hall–Kier alpha value is -0.890. The van der Waals surface area contributed by atoms with Crippen molar-refractivity contribution in [2.45, 2.75) is 71.9 Å². The van der Waals surface area contributed by atoms with Crippen LogP contribution in [0.5, 0.6) is 0 Å². The second kappa shape index (κ2) is 6.91. The summed E-state index contributed by atoms with van der Waals surface area (Å²) in [4.78, 5) is 0. The van der Waals surface area contributed by atoms with Gasteiger partial charge in [0.1, 0.15) is 5.82 Å². The molecule has 1 aliphatic rings. The van der Waals surface area contributed by atoms with Gasteiger partial charge in [0.05, 0.1) is 0 Å². The first-order valence-corrected chi connectivity index (χ1v) is 8.44. The van der Waals surface area contributed by atoms with Gasteiger partial charge in [0, 0.05) is 12.1 Å². The summed E-state index contributed by atoms with van der Waals surface area (Å²) in [5.74, 6) is 0.708. The molecule has 1 aliphatic carbocycles. The SMILES string of the molecule is CCC(C)(C)C1CCC(NC(C)c2cccc(F)c2)CC1. The molecule has 1 nitrogen and oxygen atoms in total. The maximum absolute atomic E-state index is 13.3. The molecule has 0 amide bonds. The standard InChI is InChI=1S/C19H30FN/c1-5-19(3,4)16-9-11-18(12-10-16)21-14(2)15-7-6-8-17(20)13-15/h6-8,13-14,16,18,21H,5,9-12H2,1-4H3. The summed E-state index contributed by atoms with van der Waals surface area (Å²) in [5, 5.41) is 3.69. The summed E-state index contributed by atoms with van der Waals surface area (Å²) < 4.78 is 13.3. The quantitative estimate of drug-likeness (QED) is 0.758. The minimum Gasteiger partial charge on any atom is -0.307 e. The van der Waals surface area contributed by atoms with Gasteiger partial charge in [-0.25, -0.2) is 4.39 Å². The molecule has 0 bridgehead atoms. The van der Waals surface area contributed by atoms with E-state index in [2.05, 4.69) is 33.0 Å². The van der Waals surface area contributed by atoms with Crippen LogP contribution in [0.4, 0.5) is 4.39 Å². The lowest BCUT2D eigenvalue weighted by molar-refractivity contribution is 0.134. The Bertz CT molecular complexity index is 447. The first-order chi connectivity index (χ1) is 9.92. The minimum atomic E-state index is -0.144. The molecule has 0 radical (unpaired) electrons. The fourth-order valence-corrected chi connectivity index (χ4v) is 3.56. The molecule has 0 saturated heterocycles. The fraction of sp³-hybridized carbons (Fsp3) is 0.684. The predicted octanol–water partition coefficient (Wildman–Crippen LogP) is 5.47. The van der Waals surface area contributed by atoms with Crippen LogP contribution in [-0.2, 0) is 0 Å². The van der Waals surface area contributed by atoms with Gasteiger partial charge >= 0.3 is 0 Å². The second-order valence-corrected chi connectivity index (χ2v) is 7.33. The van der Waals surface area contributed by atoms with Gasteiger partial charge in [-0.3, -0.25) is 0 Å². The molecule has 2 heteroatoms. The molecule has 0 aliphatic heterocycles. The lowest BCUT2D eigenvalue weighted by Crippen LogP contribution is -2.38. The minimum absolute atomic E-state index is 0.144. The monoisotopic (exact) mass is 291 g/mol. The van der Waals surface area contributed by atoms with Crippen molar-refractivity contribution in [2.24, 2.45) is 11.3 Å². The van der Waals surface area contributed by atoms with Crippen molar-refractivity contribution in [1.82, 2.24) is 5.32 Å². The zero-order chi connectivity index (χ0) is 15.5. The highest BCUT2D eigenvalue weighted by molar-refractivity contribution is 5.19. The highest BCUT2D eigenvalue weighted by Crippen LogP contribution is 2.40. The Morgan fingerprint density at radius 2 is 1.90 bits per heavy atom. The second-order valence-electron chi connectivity index (χ2n) is 7.33. The molecule has 1 aromatic carbocycles. The molecule has 0 heterocycles. The molecule has 1 aromatic rings. The van der Waals surface area contributed by atoms with E-state index in [9.17, 15) is 4.39 Å². The van der Waals surface area contributed by atoms with Gasteiger partial charge in [-0.2, -0.15) is 0 Å². The molecule has 2 rings (SSSR count). The van der Waals surface area contributed by atoms with E-state index in [1.807, 2.05) is 6.07 Å². The van der Waals surface area contributed by atoms with Crippen molar-refractivity contribution in [3.8, 4) is 0 Å². The third-order valence-electron chi connectivity index (χ3n) is 5.58. The number of hydrogen-bond donors (Lipinski definition) is 1. The average molecular weight is 291 g/mol. The third kappa shape index (κ3) is 4.29. The molecule has 1 saturated carbocycles. The number of hydrogen-bond acceptors (Lipinski definition) is 1. The maximum Gasteiger partial charge on any atom is 0.123 e. The van der Waals surface area contributed by atoms with Crippen molar-refractivity contribution >= 4 is 0 Å². The highest BCUT2D eigenvalue weighted by atomic mass is 19.1. The van der Waals surface area contributed by atoms with E-state index in [0.717, 1.165) is 11.5 Å². The largest absolute Gasteiger partial charge is 0.307 e. The van der Waals surface area contributed by atoms with Crippen LogP contribution in [-0.4, -0.2) is 6.04 Å². The Labute approximate surface area is 129 Å². The summed E-state index contributed by atoms with van der Waals surface area (Å²) in [6.07, 6.45) is 6.37. The van der Waals surface area contributed by atoms with Crippen molar-refractivity contribution in [3.05, 3.63) is 35.6 Å². The first kappa shape index (κ1) is 16.5. The predicted molar refractivity (Wildman–Crippen MR) is 87.8 cm³/mol. The summed E-state index contributed by atoms with van der Waals surface area (Å²) in [7, 11) is 0. The molecule has 21 heavy (non-hydrogen) atoms. The van der Waals surface area contributed by atoms with E-state index < -0.39 is 0 Å². The number of nitrogens with one attached hydrogen (secondary N) is 1. The Kier molecular flexibility index (Phi) is 5.43. The average Bonchev–Trinajstić information content (AvgIpc) is 2.48. The van der Waals surface area contributed by atoms with E-state index >= 15 is 0 Å². The number of halogens is 1. The topological polar surface area (TPSA) is 12.0 Å². The first-order valence-electron chi connectivity index (χ1n) is 8.44. The lowest BCUT2D eigenvalue weighted by atomic mass is 9.69. The van der Waals surface area contributed by atoms with Crippen LogP contribution in [0, 0.1) is 17.2 Å². The molecule has 1 atom stereocenters. The van der Waals surface area contributed by atoms with Gasteiger partial charge in [-0.05, 0) is 61.6 Å². The van der Waals surface area contributed by atoms with Crippen molar-refractivity contribution in [2.75, 3.05) is 0 Å². The summed E-state index contributed by atoms with van der Waals surface area (Å²) >= 11 is 0. The van der Waals surface area contributed by atoms with Crippen LogP contribution in [0.15, 0.2) is 24.3 Å². The van der Waals surface area contributed by atoms with E-state index in [4.69, 9.17) is 0 Å². The van der Waals surface area contributed by atoms with Gasteiger partial charge in [0.15, 0.2) is 0 Å². The van der Waals surface area contributed by atoms with E-state index in [1.165, 1.54) is 38.2 Å². The van der Waals surface area contributed by atoms with Crippen molar-refractivity contribution in [3.63, 3.8) is 0 Å². The van der Waals surface area contributed by atoms with Crippen LogP contribution < -0.4 is 5.32 Å². The Balaban J connectivity index is 1.86. The zero-order valence-electron chi connectivity index (χ0n) is 14.0. The third-order valence-corrected chi connectivity index (χ3v) is 5.58. The number of rotatable bonds is 5. The van der Waals surface area contributed by atoms with E-state index in [0.29, 0.717) is 11.5 Å². The van der Waals surface area contributed by atoms with Gasteiger partial charge < -0.3 is 5.32 Å². The molecule has 1 N–H and O–H groups in total. The van der Waals surface area contributed by atoms with Crippen LogP contribution in [0.25, 0.3) is 0 Å². The van der Waals surface area contributed by atoms with Crippen LogP contribution >= 0.6 is 0 Å². The Morgan fingerprint density at radius 3 is 2.48 bits per heavy atom. The molecular formula is C19H30FN. The van der Waals surface area contributed by atoms with Crippen LogP contribution in [0.1, 0.15) is 71.4 Å². The van der Waals surface area contributed by atoms with Crippen LogP contribution in [0.2, 0.25) is 0 Å².